The molecule has 16 heavy (non-hydrogen) atoms. The van der Waals surface area contributed by atoms with E-state index in [1.807, 2.05) is 0 Å². The van der Waals surface area contributed by atoms with Crippen molar-refractivity contribution >= 4 is 10.4 Å². The van der Waals surface area contributed by atoms with Gasteiger partial charge < -0.3 is 9.87 Å². The van der Waals surface area contributed by atoms with Gasteiger partial charge in [-0.15, -0.1) is 0 Å². The summed E-state index contributed by atoms with van der Waals surface area (Å²) in [5.41, 5.74) is 0.726. The van der Waals surface area contributed by atoms with Crippen molar-refractivity contribution in [2.24, 2.45) is 0 Å². The molecule has 5 nitrogen and oxygen atoms in total. The molecule has 0 bridgehead atoms. The molecule has 0 aliphatic carbocycles. The van der Waals surface area contributed by atoms with Crippen LogP contribution in [-0.2, 0) is 14.6 Å². The van der Waals surface area contributed by atoms with Gasteiger partial charge in [-0.1, -0.05) is 0 Å². The molecule has 0 radical (unpaired) electrons. The van der Waals surface area contributed by atoms with Crippen LogP contribution in [0.1, 0.15) is 47.0 Å². The molecule has 0 spiro atoms. The second-order valence-electron chi connectivity index (χ2n) is 5.32. The average Bonchev–Trinajstić information content (AvgIpc) is 1.99. The lowest BCUT2D eigenvalue weighted by Crippen LogP contribution is -2.55. The summed E-state index contributed by atoms with van der Waals surface area (Å²) in [5, 5.41) is 3.63. The first-order valence-corrected chi connectivity index (χ1v) is 6.62. The zero-order valence-corrected chi connectivity index (χ0v) is 11.5. The van der Waals surface area contributed by atoms with Crippen LogP contribution in [0.15, 0.2) is 0 Å². The van der Waals surface area contributed by atoms with Crippen molar-refractivity contribution in [3.05, 3.63) is 0 Å². The van der Waals surface area contributed by atoms with Gasteiger partial charge in [-0.2, -0.15) is 0 Å². The average molecular weight is 252 g/mol. The van der Waals surface area contributed by atoms with Crippen LogP contribution in [0.3, 0.4) is 0 Å². The van der Waals surface area contributed by atoms with Crippen LogP contribution in [0.2, 0.25) is 0 Å². The standard InChI is InChI=1S/C9H19N.CH4O4S/c1-8(2)6-5-7-9(3,4)10-8;1-5-6(2,3)4/h10H,5-7H2,1-4H3;1H3,(H,2,3,4)/p-1. The van der Waals surface area contributed by atoms with Gasteiger partial charge >= 0.3 is 0 Å². The molecule has 1 fully saturated rings. The predicted molar refractivity (Wildman–Crippen MR) is 61.9 cm³/mol. The molecule has 0 amide bonds. The van der Waals surface area contributed by atoms with Crippen molar-refractivity contribution in [2.45, 2.75) is 58.0 Å². The molecule has 0 aromatic carbocycles. The quantitative estimate of drug-likeness (QED) is 0.564. The SMILES string of the molecule is CC1(C)CCCC(C)(C)N1.COS(=O)(=O)[O-]. The highest BCUT2D eigenvalue weighted by molar-refractivity contribution is 7.80. The summed E-state index contributed by atoms with van der Waals surface area (Å²) in [6, 6.07) is 0. The minimum atomic E-state index is -4.41. The van der Waals surface area contributed by atoms with Crippen LogP contribution < -0.4 is 5.32 Å². The van der Waals surface area contributed by atoms with Crippen molar-refractivity contribution in [1.29, 1.82) is 0 Å². The Balaban J connectivity index is 0.000000325. The van der Waals surface area contributed by atoms with E-state index in [1.54, 1.807) is 0 Å². The highest BCUT2D eigenvalue weighted by Gasteiger charge is 2.31. The Morgan fingerprint density at radius 2 is 1.44 bits per heavy atom. The Labute approximate surface area is 98.5 Å². The summed E-state index contributed by atoms with van der Waals surface area (Å²) in [7, 11) is -3.60. The van der Waals surface area contributed by atoms with E-state index in [-0.39, 0.29) is 0 Å². The third-order valence-corrected chi connectivity index (χ3v) is 2.89. The van der Waals surface area contributed by atoms with Gasteiger partial charge in [0.1, 0.15) is 0 Å². The second-order valence-corrected chi connectivity index (χ2v) is 6.47. The minimum absolute atomic E-state index is 0.363. The van der Waals surface area contributed by atoms with Gasteiger partial charge in [0.05, 0.1) is 7.11 Å². The van der Waals surface area contributed by atoms with Crippen LogP contribution in [0.25, 0.3) is 0 Å². The van der Waals surface area contributed by atoms with Crippen molar-refractivity contribution in [2.75, 3.05) is 7.11 Å². The smallest absolute Gasteiger partial charge is 0.217 e. The van der Waals surface area contributed by atoms with Crippen molar-refractivity contribution in [3.63, 3.8) is 0 Å². The number of hydrogen-bond donors (Lipinski definition) is 1. The fraction of sp³-hybridized carbons (Fsp3) is 1.00. The zero-order chi connectivity index (χ0) is 13.0. The Hall–Kier alpha value is -0.170. The molecule has 1 heterocycles. The molecule has 98 valence electrons. The fourth-order valence-electron chi connectivity index (χ4n) is 2.01. The van der Waals surface area contributed by atoms with E-state index in [4.69, 9.17) is 0 Å². The number of piperidine rings is 1. The van der Waals surface area contributed by atoms with E-state index in [9.17, 15) is 13.0 Å². The highest BCUT2D eigenvalue weighted by atomic mass is 32.3. The topological polar surface area (TPSA) is 78.5 Å². The summed E-state index contributed by atoms with van der Waals surface area (Å²) in [4.78, 5) is 0. The Kier molecular flexibility index (Phi) is 5.38. The van der Waals surface area contributed by atoms with Gasteiger partial charge in [0.25, 0.3) is 0 Å². The summed E-state index contributed by atoms with van der Waals surface area (Å²) in [6.07, 6.45) is 4.00. The molecule has 0 saturated carbocycles. The largest absolute Gasteiger partial charge is 0.726 e. The molecule has 0 aromatic rings. The first-order valence-electron chi connectivity index (χ1n) is 5.28. The Morgan fingerprint density at radius 1 is 1.12 bits per heavy atom. The third kappa shape index (κ3) is 8.04. The molecule has 1 rings (SSSR count). The van der Waals surface area contributed by atoms with E-state index < -0.39 is 10.4 Å². The molecule has 1 saturated heterocycles. The molecule has 6 heteroatoms. The van der Waals surface area contributed by atoms with E-state index in [2.05, 4.69) is 37.2 Å². The lowest BCUT2D eigenvalue weighted by Gasteiger charge is -2.42. The Bertz CT molecular complexity index is 295. The molecular formula is C10H22NO4S-. The third-order valence-electron chi connectivity index (χ3n) is 2.48. The van der Waals surface area contributed by atoms with Crippen LogP contribution in [0.5, 0.6) is 0 Å². The molecule has 0 atom stereocenters. The maximum Gasteiger partial charge on any atom is 0.217 e. The number of nitrogens with one attached hydrogen (secondary N) is 1. The predicted octanol–water partition coefficient (Wildman–Crippen LogP) is 1.41. The highest BCUT2D eigenvalue weighted by Crippen LogP contribution is 2.27. The summed E-state index contributed by atoms with van der Waals surface area (Å²) in [5.74, 6) is 0. The summed E-state index contributed by atoms with van der Waals surface area (Å²) < 4.78 is 31.0. The van der Waals surface area contributed by atoms with Gasteiger partial charge in [-0.05, 0) is 47.0 Å². The van der Waals surface area contributed by atoms with Gasteiger partial charge in [-0.25, -0.2) is 8.42 Å². The molecular weight excluding hydrogens is 230 g/mol. The van der Waals surface area contributed by atoms with Gasteiger partial charge in [0.15, 0.2) is 0 Å². The lowest BCUT2D eigenvalue weighted by molar-refractivity contribution is 0.183. The Morgan fingerprint density at radius 3 is 1.56 bits per heavy atom. The van der Waals surface area contributed by atoms with Crippen molar-refractivity contribution in [1.82, 2.24) is 5.32 Å². The van der Waals surface area contributed by atoms with E-state index in [0.717, 1.165) is 7.11 Å². The lowest BCUT2D eigenvalue weighted by atomic mass is 9.83. The molecule has 1 aliphatic rings. The summed E-state index contributed by atoms with van der Waals surface area (Å²) >= 11 is 0. The maximum absolute atomic E-state index is 9.22. The fourth-order valence-corrected chi connectivity index (χ4v) is 2.01. The molecule has 1 N–H and O–H groups in total. The van der Waals surface area contributed by atoms with Gasteiger partial charge in [0.2, 0.25) is 10.4 Å². The number of hydrogen-bond acceptors (Lipinski definition) is 5. The van der Waals surface area contributed by atoms with E-state index >= 15 is 0 Å². The molecule has 0 aromatic heterocycles. The van der Waals surface area contributed by atoms with Crippen LogP contribution in [-0.4, -0.2) is 31.2 Å². The minimum Gasteiger partial charge on any atom is -0.726 e. The van der Waals surface area contributed by atoms with Crippen molar-refractivity contribution < 1.29 is 17.2 Å². The molecule has 0 unspecified atom stereocenters. The number of rotatable bonds is 1. The van der Waals surface area contributed by atoms with Crippen LogP contribution in [0.4, 0.5) is 0 Å². The second kappa shape index (κ2) is 5.44. The van der Waals surface area contributed by atoms with Crippen LogP contribution in [0, 0.1) is 0 Å². The monoisotopic (exact) mass is 252 g/mol. The van der Waals surface area contributed by atoms with E-state index in [0.29, 0.717) is 11.1 Å². The zero-order valence-electron chi connectivity index (χ0n) is 10.7. The molecule has 1 aliphatic heterocycles. The first kappa shape index (κ1) is 15.8. The summed E-state index contributed by atoms with van der Waals surface area (Å²) in [6.45, 7) is 9.14. The van der Waals surface area contributed by atoms with Crippen molar-refractivity contribution in [3.8, 4) is 0 Å². The first-order chi connectivity index (χ1) is 6.97. The van der Waals surface area contributed by atoms with E-state index in [1.165, 1.54) is 19.3 Å². The normalized spacial score (nSPS) is 23.1. The van der Waals surface area contributed by atoms with Gasteiger partial charge in [0, 0.05) is 11.1 Å². The maximum atomic E-state index is 9.22. The van der Waals surface area contributed by atoms with Gasteiger partial charge in [-0.3, -0.25) is 4.18 Å². The van der Waals surface area contributed by atoms with Crippen LogP contribution >= 0.6 is 0 Å².